The van der Waals surface area contributed by atoms with Gasteiger partial charge in [0.1, 0.15) is 23.2 Å². The van der Waals surface area contributed by atoms with Crippen molar-refractivity contribution < 1.29 is 36.0 Å². The van der Waals surface area contributed by atoms with Gasteiger partial charge < -0.3 is 26.5 Å². The van der Waals surface area contributed by atoms with Crippen LogP contribution >= 0.6 is 31.1 Å². The van der Waals surface area contributed by atoms with E-state index in [-0.39, 0.29) is 28.9 Å². The molecular formula is C52H60Br2O4P2. The Labute approximate surface area is 380 Å². The van der Waals surface area contributed by atoms with Crippen molar-refractivity contribution in [3.05, 3.63) is 182 Å². The minimum Gasteiger partial charge on any atom is -1.00 e. The quantitative estimate of drug-likeness (QED) is 0.0357. The monoisotopic (exact) mass is 968 g/mol. The average molecular weight is 971 g/mol. The maximum absolute atomic E-state index is 11.7. The molecule has 6 aromatic carbocycles. The molecule has 0 saturated heterocycles. The first-order chi connectivity index (χ1) is 29.0. The number of alkyl halides is 1. The molecule has 0 bridgehead atoms. The second-order valence-corrected chi connectivity index (χ2v) is 20.4. The number of carbonyl (C=O) groups is 2. The summed E-state index contributed by atoms with van der Waals surface area (Å²) >= 11 is 3.33. The molecule has 0 aromatic heterocycles. The Morgan fingerprint density at radius 1 is 0.450 bits per heavy atom. The summed E-state index contributed by atoms with van der Waals surface area (Å²) in [7, 11) is -2.19. The number of hydrogen-bond donors (Lipinski definition) is 0. The number of benzene rings is 6. The molecule has 0 saturated carbocycles. The fourth-order valence-electron chi connectivity index (χ4n) is 6.86. The van der Waals surface area contributed by atoms with E-state index in [4.69, 9.17) is 9.47 Å². The van der Waals surface area contributed by atoms with Gasteiger partial charge >= 0.3 is 11.9 Å². The third-order valence-corrected chi connectivity index (χ3v) is 17.2. The van der Waals surface area contributed by atoms with E-state index in [1.165, 1.54) is 31.8 Å². The molecule has 316 valence electrons. The van der Waals surface area contributed by atoms with Crippen molar-refractivity contribution in [3.8, 4) is 0 Å². The van der Waals surface area contributed by atoms with Crippen molar-refractivity contribution in [2.45, 2.75) is 65.2 Å². The van der Waals surface area contributed by atoms with Crippen molar-refractivity contribution >= 4 is 74.9 Å². The maximum Gasteiger partial charge on any atom is 0.305 e. The Kier molecular flexibility index (Phi) is 25.4. The number of carbonyl (C=O) groups excluding carboxylic acids is 2. The van der Waals surface area contributed by atoms with Gasteiger partial charge in [-0.2, -0.15) is 0 Å². The van der Waals surface area contributed by atoms with Crippen LogP contribution in [0.15, 0.2) is 182 Å². The molecule has 0 heterocycles. The van der Waals surface area contributed by atoms with Gasteiger partial charge in [0.05, 0.1) is 19.4 Å². The van der Waals surface area contributed by atoms with Crippen LogP contribution in [0.2, 0.25) is 0 Å². The molecule has 6 rings (SSSR count). The lowest BCUT2D eigenvalue weighted by Crippen LogP contribution is -3.00. The zero-order valence-corrected chi connectivity index (χ0v) is 40.0. The third-order valence-electron chi connectivity index (χ3n) is 9.63. The number of unbranched alkanes of at least 4 members (excludes halogenated alkanes) is 4. The van der Waals surface area contributed by atoms with Gasteiger partial charge in [-0.3, -0.25) is 9.59 Å². The zero-order chi connectivity index (χ0) is 41.8. The van der Waals surface area contributed by atoms with E-state index in [0.29, 0.717) is 26.1 Å². The molecule has 8 heteroatoms. The van der Waals surface area contributed by atoms with Crippen LogP contribution in [-0.4, -0.2) is 36.6 Å². The summed E-state index contributed by atoms with van der Waals surface area (Å²) in [6.45, 7) is 4.65. The van der Waals surface area contributed by atoms with Gasteiger partial charge in [0, 0.05) is 18.2 Å². The average Bonchev–Trinajstić information content (AvgIpc) is 3.29. The Hall–Kier alpha value is -3.92. The maximum atomic E-state index is 11.7. The number of halogens is 2. The number of hydrogen-bond acceptors (Lipinski definition) is 4. The smallest absolute Gasteiger partial charge is 0.305 e. The Morgan fingerprint density at radius 2 is 0.750 bits per heavy atom. The van der Waals surface area contributed by atoms with Crippen molar-refractivity contribution in [2.75, 3.05) is 24.7 Å². The van der Waals surface area contributed by atoms with E-state index in [0.717, 1.165) is 50.0 Å². The number of esters is 2. The Bertz CT molecular complexity index is 1800. The highest BCUT2D eigenvalue weighted by atomic mass is 79.9. The summed E-state index contributed by atoms with van der Waals surface area (Å²) < 4.78 is 9.84. The highest BCUT2D eigenvalue weighted by Crippen LogP contribution is 2.56. The van der Waals surface area contributed by atoms with E-state index in [2.05, 4.69) is 198 Å². The van der Waals surface area contributed by atoms with Gasteiger partial charge in [-0.05, 0) is 106 Å². The van der Waals surface area contributed by atoms with Crippen molar-refractivity contribution in [1.29, 1.82) is 0 Å². The second kappa shape index (κ2) is 30.2. The summed E-state index contributed by atoms with van der Waals surface area (Å²) in [4.78, 5) is 22.4. The number of rotatable bonds is 19. The largest absolute Gasteiger partial charge is 1.00 e. The van der Waals surface area contributed by atoms with Crippen LogP contribution in [0.1, 0.15) is 65.2 Å². The molecular weight excluding hydrogens is 910 g/mol. The molecule has 0 fully saturated rings. The highest BCUT2D eigenvalue weighted by Gasteiger charge is 2.44. The molecule has 6 aromatic rings. The van der Waals surface area contributed by atoms with Crippen LogP contribution in [0.3, 0.4) is 0 Å². The molecule has 0 aliphatic heterocycles. The fraction of sp³-hybridized carbons (Fsp3) is 0.269. The lowest BCUT2D eigenvalue weighted by Gasteiger charge is -2.27. The van der Waals surface area contributed by atoms with E-state index < -0.39 is 15.2 Å². The first kappa shape index (κ1) is 50.4. The predicted octanol–water partition coefficient (Wildman–Crippen LogP) is 8.06. The van der Waals surface area contributed by atoms with Gasteiger partial charge in [0.25, 0.3) is 0 Å². The summed E-state index contributed by atoms with van der Waals surface area (Å²) in [6.07, 6.45) is 8.39. The molecule has 0 unspecified atom stereocenters. The first-order valence-corrected chi connectivity index (χ1v) is 25.3. The minimum atomic E-state index is -1.75. The molecule has 4 nitrogen and oxygen atoms in total. The van der Waals surface area contributed by atoms with Crippen LogP contribution in [0.25, 0.3) is 0 Å². The van der Waals surface area contributed by atoms with E-state index in [9.17, 15) is 9.59 Å². The summed E-state index contributed by atoms with van der Waals surface area (Å²) in [6, 6.07) is 65.2. The van der Waals surface area contributed by atoms with Crippen LogP contribution in [0.5, 0.6) is 0 Å². The highest BCUT2D eigenvalue weighted by molar-refractivity contribution is 9.09. The van der Waals surface area contributed by atoms with Crippen molar-refractivity contribution in [2.24, 2.45) is 0 Å². The molecule has 0 radical (unpaired) electrons. The predicted molar refractivity (Wildman–Crippen MR) is 259 cm³/mol. The van der Waals surface area contributed by atoms with Crippen molar-refractivity contribution in [1.82, 2.24) is 0 Å². The van der Waals surface area contributed by atoms with Gasteiger partial charge in [-0.1, -0.05) is 168 Å². The number of ether oxygens (including phenoxy) is 2. The molecule has 0 aliphatic rings. The lowest BCUT2D eigenvalue weighted by molar-refractivity contribution is -0.144. The molecule has 0 amide bonds. The Balaban J connectivity index is 0.000000266. The SMILES string of the molecule is CCOC(=O)CCCCCBr.CCOC(=O)CCCCC[P+](c1ccccc1)(c1ccccc1)c1ccccc1.[Br-].c1ccc(P(c2ccccc2)c2ccccc2)cc1. The molecule has 0 N–H and O–H groups in total. The van der Waals surface area contributed by atoms with Gasteiger partial charge in [-0.25, -0.2) is 0 Å². The van der Waals surface area contributed by atoms with Gasteiger partial charge in [0.2, 0.25) is 0 Å². The molecule has 0 aliphatic carbocycles. The van der Waals surface area contributed by atoms with Crippen LogP contribution in [-0.2, 0) is 19.1 Å². The van der Waals surface area contributed by atoms with Crippen LogP contribution in [0.4, 0.5) is 0 Å². The first-order valence-electron chi connectivity index (χ1n) is 20.9. The van der Waals surface area contributed by atoms with E-state index in [1.807, 2.05) is 13.8 Å². The molecule has 60 heavy (non-hydrogen) atoms. The van der Waals surface area contributed by atoms with E-state index in [1.54, 1.807) is 0 Å². The van der Waals surface area contributed by atoms with Crippen molar-refractivity contribution in [3.63, 3.8) is 0 Å². The van der Waals surface area contributed by atoms with Gasteiger partial charge in [0.15, 0.2) is 0 Å². The summed E-state index contributed by atoms with van der Waals surface area (Å²) in [5.74, 6) is -0.148. The van der Waals surface area contributed by atoms with Crippen LogP contribution in [0, 0.1) is 0 Å². The molecule has 0 spiro atoms. The van der Waals surface area contributed by atoms with Crippen LogP contribution < -0.4 is 48.8 Å². The summed E-state index contributed by atoms with van der Waals surface area (Å²) in [5.41, 5.74) is 0. The third kappa shape index (κ3) is 16.9. The lowest BCUT2D eigenvalue weighted by atomic mass is 10.2. The second-order valence-electron chi connectivity index (χ2n) is 13.8. The summed E-state index contributed by atoms with van der Waals surface area (Å²) in [5, 5.41) is 9.48. The zero-order valence-electron chi connectivity index (χ0n) is 35.1. The Morgan fingerprint density at radius 3 is 1.05 bits per heavy atom. The minimum absolute atomic E-state index is 0. The topological polar surface area (TPSA) is 52.6 Å². The standard InChI is InChI=1S/C26H30O2P.C18H15P.C8H15BrO2.BrH/c1-2-28-26(27)21-13-6-14-22-29(23-15-7-3-8-16-23,24-17-9-4-10-18-24)25-19-11-5-12-20-25;1-4-10-16(11-5-1)19(17-12-6-2-7-13-17)18-14-8-3-9-15-18;1-2-11-8(10)6-4-3-5-7-9;/h3-5,7-12,15-20H,2,6,13-14,21-22H2,1H3;1-15H;2-7H2,1H3;1H/q+1;;;/p-1. The van der Waals surface area contributed by atoms with Gasteiger partial charge in [-0.15, -0.1) is 0 Å². The van der Waals surface area contributed by atoms with E-state index >= 15 is 0 Å². The normalized spacial score (nSPS) is 10.5. The molecule has 0 atom stereocenters. The fourth-order valence-corrected chi connectivity index (χ4v) is 14.0.